The topological polar surface area (TPSA) is 131 Å². The van der Waals surface area contributed by atoms with Crippen LogP contribution in [-0.2, 0) is 17.8 Å². The van der Waals surface area contributed by atoms with Crippen molar-refractivity contribution in [3.05, 3.63) is 112 Å². The summed E-state index contributed by atoms with van der Waals surface area (Å²) >= 11 is 0.721. The van der Waals surface area contributed by atoms with Gasteiger partial charge in [-0.2, -0.15) is 4.37 Å². The number of rotatable bonds is 9. The van der Waals surface area contributed by atoms with E-state index in [0.29, 0.717) is 11.3 Å². The van der Waals surface area contributed by atoms with Crippen LogP contribution < -0.4 is 21.7 Å². The summed E-state index contributed by atoms with van der Waals surface area (Å²) in [4.78, 5) is 40.8. The number of carbonyl (C=O) groups excluding carboxylic acids is 3. The number of aryl methyl sites for hydroxylation is 1. The molecule has 1 atom stereocenters. The van der Waals surface area contributed by atoms with Gasteiger partial charge in [0.25, 0.3) is 11.8 Å². The molecule has 0 radical (unpaired) electrons. The second kappa shape index (κ2) is 11.7. The van der Waals surface area contributed by atoms with Crippen LogP contribution in [0.5, 0.6) is 0 Å². The molecule has 4 rings (SSSR count). The third kappa shape index (κ3) is 5.70. The van der Waals surface area contributed by atoms with Crippen molar-refractivity contribution in [3.63, 3.8) is 0 Å². The summed E-state index contributed by atoms with van der Waals surface area (Å²) in [5, 5.41) is 2.89. The van der Waals surface area contributed by atoms with Crippen LogP contribution in [0.3, 0.4) is 0 Å². The number of amides is 3. The Balaban J connectivity index is 1.82. The molecule has 4 aromatic rings. The van der Waals surface area contributed by atoms with Crippen LogP contribution >= 0.6 is 11.5 Å². The number of halogens is 1. The molecule has 0 saturated carbocycles. The lowest BCUT2D eigenvalue weighted by molar-refractivity contribution is -0.122. The number of aromatic nitrogens is 1. The molecule has 38 heavy (non-hydrogen) atoms. The van der Waals surface area contributed by atoms with Crippen molar-refractivity contribution < 1.29 is 18.8 Å². The fourth-order valence-corrected chi connectivity index (χ4v) is 4.70. The standard InChI is InChI=1S/C28H26FN5O3S/c1-2-17-8-14-21(15-9-17)34(28(37)25-22(30)23(26(31)35)33-38-25)24(19-10-12-20(29)13-11-19)27(36)32-16-18-6-4-3-5-7-18/h3-15,24H,2,16,30H2,1H3,(H2,31,35)(H,32,36). The van der Waals surface area contributed by atoms with Crippen molar-refractivity contribution in [2.45, 2.75) is 25.9 Å². The molecule has 8 nitrogen and oxygen atoms in total. The Morgan fingerprint density at radius 2 is 1.63 bits per heavy atom. The predicted molar refractivity (Wildman–Crippen MR) is 145 cm³/mol. The van der Waals surface area contributed by atoms with E-state index >= 15 is 0 Å². The van der Waals surface area contributed by atoms with Gasteiger partial charge in [0.1, 0.15) is 16.7 Å². The Labute approximate surface area is 223 Å². The lowest BCUT2D eigenvalue weighted by Gasteiger charge is -2.31. The quantitative estimate of drug-likeness (QED) is 0.297. The molecule has 0 aliphatic heterocycles. The van der Waals surface area contributed by atoms with Gasteiger partial charge in [-0.15, -0.1) is 0 Å². The SMILES string of the molecule is CCc1ccc(N(C(=O)c2snc(C(N)=O)c2N)C(C(=O)NCc2ccccc2)c2ccc(F)cc2)cc1. The molecule has 1 unspecified atom stereocenters. The van der Waals surface area contributed by atoms with Crippen LogP contribution in [-0.4, -0.2) is 22.1 Å². The Hall–Kier alpha value is -4.57. The van der Waals surface area contributed by atoms with Crippen LogP contribution in [0.2, 0.25) is 0 Å². The fourth-order valence-electron chi connectivity index (χ4n) is 3.96. The molecule has 0 aliphatic carbocycles. The number of nitrogen functional groups attached to an aromatic ring is 1. The lowest BCUT2D eigenvalue weighted by atomic mass is 10.0. The molecule has 0 fully saturated rings. The molecule has 10 heteroatoms. The van der Waals surface area contributed by atoms with Gasteiger partial charge in [0.2, 0.25) is 5.91 Å². The minimum atomic E-state index is -1.20. The summed E-state index contributed by atoms with van der Waals surface area (Å²) in [5.74, 6) is -2.50. The zero-order valence-corrected chi connectivity index (χ0v) is 21.4. The van der Waals surface area contributed by atoms with Gasteiger partial charge in [-0.25, -0.2) is 4.39 Å². The van der Waals surface area contributed by atoms with Gasteiger partial charge in [0.15, 0.2) is 5.69 Å². The monoisotopic (exact) mass is 531 g/mol. The number of nitrogens with one attached hydrogen (secondary N) is 1. The van der Waals surface area contributed by atoms with Gasteiger partial charge in [0, 0.05) is 12.2 Å². The maximum absolute atomic E-state index is 14.0. The second-order valence-corrected chi connectivity index (χ2v) is 9.26. The molecule has 0 aliphatic rings. The van der Waals surface area contributed by atoms with Gasteiger partial charge in [-0.1, -0.05) is 61.5 Å². The molecular formula is C28H26FN5O3S. The van der Waals surface area contributed by atoms with Crippen molar-refractivity contribution >= 4 is 40.6 Å². The van der Waals surface area contributed by atoms with Crippen LogP contribution in [0.1, 0.15) is 49.8 Å². The molecule has 5 N–H and O–H groups in total. The Morgan fingerprint density at radius 3 is 2.21 bits per heavy atom. The van der Waals surface area contributed by atoms with Crippen molar-refractivity contribution in [2.24, 2.45) is 5.73 Å². The summed E-state index contributed by atoms with van der Waals surface area (Å²) in [6.45, 7) is 2.21. The summed E-state index contributed by atoms with van der Waals surface area (Å²) in [5.41, 5.74) is 13.7. The third-order valence-electron chi connectivity index (χ3n) is 6.00. The van der Waals surface area contributed by atoms with Gasteiger partial charge in [-0.3, -0.25) is 19.3 Å². The first-order valence-corrected chi connectivity index (χ1v) is 12.6. The first-order chi connectivity index (χ1) is 18.3. The van der Waals surface area contributed by atoms with Crippen molar-refractivity contribution in [3.8, 4) is 0 Å². The normalized spacial score (nSPS) is 11.5. The molecule has 194 valence electrons. The molecule has 0 saturated heterocycles. The Kier molecular flexibility index (Phi) is 8.12. The molecule has 1 aromatic heterocycles. The zero-order valence-electron chi connectivity index (χ0n) is 20.6. The number of hydrogen-bond donors (Lipinski definition) is 3. The minimum Gasteiger partial charge on any atom is -0.395 e. The van der Waals surface area contributed by atoms with Crippen LogP contribution in [0.15, 0.2) is 78.9 Å². The number of hydrogen-bond acceptors (Lipinski definition) is 6. The van der Waals surface area contributed by atoms with E-state index in [-0.39, 0.29) is 22.8 Å². The average Bonchev–Trinajstić information content (AvgIpc) is 3.33. The number of benzene rings is 3. The molecule has 0 spiro atoms. The molecule has 3 amide bonds. The fraction of sp³-hybridized carbons (Fsp3) is 0.143. The zero-order chi connectivity index (χ0) is 27.2. The number of anilines is 2. The average molecular weight is 532 g/mol. The van der Waals surface area contributed by atoms with Gasteiger partial charge in [-0.05, 0) is 58.9 Å². The number of nitrogens with zero attached hydrogens (tertiary/aromatic N) is 2. The van der Waals surface area contributed by atoms with E-state index < -0.39 is 29.6 Å². The maximum Gasteiger partial charge on any atom is 0.273 e. The highest BCUT2D eigenvalue weighted by molar-refractivity contribution is 7.09. The molecule has 3 aromatic carbocycles. The Bertz CT molecular complexity index is 1440. The summed E-state index contributed by atoms with van der Waals surface area (Å²) in [6, 6.07) is 20.6. The van der Waals surface area contributed by atoms with E-state index in [1.54, 1.807) is 12.1 Å². The summed E-state index contributed by atoms with van der Waals surface area (Å²) in [7, 11) is 0. The van der Waals surface area contributed by atoms with E-state index in [4.69, 9.17) is 11.5 Å². The number of nitrogens with two attached hydrogens (primary N) is 2. The van der Waals surface area contributed by atoms with Crippen molar-refractivity contribution in [1.29, 1.82) is 0 Å². The van der Waals surface area contributed by atoms with Crippen molar-refractivity contribution in [2.75, 3.05) is 10.6 Å². The smallest absolute Gasteiger partial charge is 0.273 e. The number of primary amides is 1. The van der Waals surface area contributed by atoms with Gasteiger partial charge < -0.3 is 16.8 Å². The highest BCUT2D eigenvalue weighted by atomic mass is 32.1. The largest absolute Gasteiger partial charge is 0.395 e. The van der Waals surface area contributed by atoms with E-state index in [9.17, 15) is 18.8 Å². The highest BCUT2D eigenvalue weighted by Crippen LogP contribution is 2.33. The van der Waals surface area contributed by atoms with E-state index in [1.165, 1.54) is 29.2 Å². The maximum atomic E-state index is 14.0. The van der Waals surface area contributed by atoms with Gasteiger partial charge in [0.05, 0.1) is 5.69 Å². The van der Waals surface area contributed by atoms with Crippen LogP contribution in [0.4, 0.5) is 15.8 Å². The summed E-state index contributed by atoms with van der Waals surface area (Å²) < 4.78 is 17.8. The van der Waals surface area contributed by atoms with E-state index in [0.717, 1.165) is 29.1 Å². The minimum absolute atomic E-state index is 0.0404. The Morgan fingerprint density at radius 1 is 0.974 bits per heavy atom. The lowest BCUT2D eigenvalue weighted by Crippen LogP contribution is -2.44. The van der Waals surface area contributed by atoms with E-state index in [2.05, 4.69) is 9.69 Å². The molecule has 0 bridgehead atoms. The predicted octanol–water partition coefficient (Wildman–Crippen LogP) is 4.23. The summed E-state index contributed by atoms with van der Waals surface area (Å²) in [6.07, 6.45) is 0.775. The number of carbonyl (C=O) groups is 3. The molecular weight excluding hydrogens is 505 g/mol. The van der Waals surface area contributed by atoms with Crippen LogP contribution in [0.25, 0.3) is 0 Å². The van der Waals surface area contributed by atoms with Gasteiger partial charge >= 0.3 is 0 Å². The second-order valence-electron chi connectivity index (χ2n) is 8.49. The van der Waals surface area contributed by atoms with E-state index in [1.807, 2.05) is 49.4 Å². The third-order valence-corrected chi connectivity index (χ3v) is 6.85. The first kappa shape index (κ1) is 26.5. The molecule has 1 heterocycles. The first-order valence-electron chi connectivity index (χ1n) is 11.8. The highest BCUT2D eigenvalue weighted by Gasteiger charge is 2.36. The van der Waals surface area contributed by atoms with Crippen LogP contribution in [0, 0.1) is 5.82 Å². The van der Waals surface area contributed by atoms with Crippen molar-refractivity contribution in [1.82, 2.24) is 9.69 Å².